The van der Waals surface area contributed by atoms with Crippen LogP contribution in [0.4, 0.5) is 0 Å². The molecule has 112 valence electrons. The van der Waals surface area contributed by atoms with Gasteiger partial charge < -0.3 is 15.2 Å². The predicted molar refractivity (Wildman–Crippen MR) is 75.0 cm³/mol. The van der Waals surface area contributed by atoms with Gasteiger partial charge in [0, 0.05) is 12.1 Å². The van der Waals surface area contributed by atoms with E-state index in [1.165, 1.54) is 7.11 Å². The minimum atomic E-state index is -3.56. The van der Waals surface area contributed by atoms with E-state index in [0.29, 0.717) is 11.3 Å². The van der Waals surface area contributed by atoms with E-state index >= 15 is 0 Å². The van der Waals surface area contributed by atoms with Gasteiger partial charge in [0.05, 0.1) is 19.5 Å². The van der Waals surface area contributed by atoms with Gasteiger partial charge in [-0.15, -0.1) is 0 Å². The first-order chi connectivity index (χ1) is 9.41. The summed E-state index contributed by atoms with van der Waals surface area (Å²) in [6.07, 6.45) is 0. The number of ether oxygens (including phenoxy) is 2. The average Bonchev–Trinajstić information content (AvgIpc) is 2.37. The fraction of sp³-hybridized carbons (Fsp3) is 0.462. The second-order valence-corrected chi connectivity index (χ2v) is 6.25. The number of methoxy groups -OCH3 is 1. The quantitative estimate of drug-likeness (QED) is 0.742. The number of hydrogen-bond donors (Lipinski definition) is 1. The molecule has 1 rings (SSSR count). The fourth-order valence-corrected chi connectivity index (χ4v) is 3.00. The van der Waals surface area contributed by atoms with Crippen molar-refractivity contribution in [3.8, 4) is 5.75 Å². The van der Waals surface area contributed by atoms with Crippen molar-refractivity contribution in [2.24, 2.45) is 5.73 Å². The Balaban J connectivity index is 2.84. The second-order valence-electron chi connectivity index (χ2n) is 4.19. The standard InChI is InChI=1S/C13H19NO5S/c1-3-19-13(15)9-20(16,17)8-10-4-5-12(18-2)11(6-10)7-14/h4-6H,3,7-9,14H2,1-2H3. The predicted octanol–water partition coefficient (Wildman–Crippen LogP) is 0.632. The lowest BCUT2D eigenvalue weighted by Gasteiger charge is -2.09. The van der Waals surface area contributed by atoms with Crippen molar-refractivity contribution in [2.75, 3.05) is 19.5 Å². The summed E-state index contributed by atoms with van der Waals surface area (Å²) < 4.78 is 33.5. The Hall–Kier alpha value is -1.60. The van der Waals surface area contributed by atoms with Gasteiger partial charge >= 0.3 is 5.97 Å². The molecule has 2 N–H and O–H groups in total. The molecule has 1 aromatic rings. The SMILES string of the molecule is CCOC(=O)CS(=O)(=O)Cc1ccc(OC)c(CN)c1. The first kappa shape index (κ1) is 16.5. The minimum absolute atomic E-state index is 0.161. The zero-order chi connectivity index (χ0) is 15.2. The van der Waals surface area contributed by atoms with Crippen LogP contribution >= 0.6 is 0 Å². The van der Waals surface area contributed by atoms with Gasteiger partial charge in [0.25, 0.3) is 0 Å². The lowest BCUT2D eigenvalue weighted by Crippen LogP contribution is -2.20. The Bertz CT molecular complexity index is 568. The van der Waals surface area contributed by atoms with E-state index in [9.17, 15) is 13.2 Å². The molecule has 0 spiro atoms. The largest absolute Gasteiger partial charge is 0.496 e. The summed E-state index contributed by atoms with van der Waals surface area (Å²) in [5, 5.41) is 0. The molecule has 0 bridgehead atoms. The Kier molecular flexibility index (Phi) is 5.97. The van der Waals surface area contributed by atoms with Crippen LogP contribution in [0.3, 0.4) is 0 Å². The molecular formula is C13H19NO5S. The number of hydrogen-bond acceptors (Lipinski definition) is 6. The maximum Gasteiger partial charge on any atom is 0.321 e. The molecule has 6 nitrogen and oxygen atoms in total. The number of sulfone groups is 1. The highest BCUT2D eigenvalue weighted by molar-refractivity contribution is 7.91. The van der Waals surface area contributed by atoms with E-state index < -0.39 is 21.6 Å². The third kappa shape index (κ3) is 4.82. The highest BCUT2D eigenvalue weighted by Crippen LogP contribution is 2.20. The molecule has 0 aliphatic heterocycles. The van der Waals surface area contributed by atoms with Crippen molar-refractivity contribution in [2.45, 2.75) is 19.2 Å². The van der Waals surface area contributed by atoms with E-state index in [0.717, 1.165) is 5.56 Å². The third-order valence-corrected chi connectivity index (χ3v) is 4.04. The number of nitrogens with two attached hydrogens (primary N) is 1. The Morgan fingerprint density at radius 1 is 1.35 bits per heavy atom. The molecule has 0 aliphatic rings. The molecule has 0 radical (unpaired) electrons. The highest BCUT2D eigenvalue weighted by Gasteiger charge is 2.19. The van der Waals surface area contributed by atoms with E-state index in [4.69, 9.17) is 10.5 Å². The van der Waals surface area contributed by atoms with Gasteiger partial charge in [0.2, 0.25) is 0 Å². The van der Waals surface area contributed by atoms with E-state index in [2.05, 4.69) is 4.74 Å². The van der Waals surface area contributed by atoms with Crippen LogP contribution in [-0.4, -0.2) is 33.9 Å². The number of benzene rings is 1. The van der Waals surface area contributed by atoms with Crippen LogP contribution < -0.4 is 10.5 Å². The Morgan fingerprint density at radius 2 is 2.05 bits per heavy atom. The maximum absolute atomic E-state index is 11.9. The molecule has 7 heteroatoms. The molecule has 0 unspecified atom stereocenters. The van der Waals surface area contributed by atoms with E-state index in [1.807, 2.05) is 0 Å². The van der Waals surface area contributed by atoms with Crippen molar-refractivity contribution < 1.29 is 22.7 Å². The number of carbonyl (C=O) groups excluding carboxylic acids is 1. The van der Waals surface area contributed by atoms with Crippen molar-refractivity contribution in [1.82, 2.24) is 0 Å². The smallest absolute Gasteiger partial charge is 0.321 e. The first-order valence-corrected chi connectivity index (χ1v) is 7.96. The van der Waals surface area contributed by atoms with Crippen molar-refractivity contribution in [1.29, 1.82) is 0 Å². The molecule has 1 aromatic carbocycles. The van der Waals surface area contributed by atoms with Crippen LogP contribution in [0.25, 0.3) is 0 Å². The molecule has 20 heavy (non-hydrogen) atoms. The molecule has 0 fully saturated rings. The summed E-state index contributed by atoms with van der Waals surface area (Å²) in [7, 11) is -2.04. The average molecular weight is 301 g/mol. The summed E-state index contributed by atoms with van der Waals surface area (Å²) in [6, 6.07) is 4.97. The molecular weight excluding hydrogens is 282 g/mol. The lowest BCUT2D eigenvalue weighted by molar-refractivity contribution is -0.139. The Morgan fingerprint density at radius 3 is 2.60 bits per heavy atom. The summed E-state index contributed by atoms with van der Waals surface area (Å²) in [6.45, 7) is 2.03. The molecule has 0 atom stereocenters. The zero-order valence-electron chi connectivity index (χ0n) is 11.6. The minimum Gasteiger partial charge on any atom is -0.496 e. The zero-order valence-corrected chi connectivity index (χ0v) is 12.4. The van der Waals surface area contributed by atoms with E-state index in [1.54, 1.807) is 25.1 Å². The molecule has 0 aliphatic carbocycles. The van der Waals surface area contributed by atoms with Gasteiger partial charge in [-0.2, -0.15) is 0 Å². The molecule has 0 saturated heterocycles. The van der Waals surface area contributed by atoms with Crippen LogP contribution in [-0.2, 0) is 31.7 Å². The summed E-state index contributed by atoms with van der Waals surface area (Å²) in [5.74, 6) is -0.979. The van der Waals surface area contributed by atoms with E-state index in [-0.39, 0.29) is 18.9 Å². The number of rotatable bonds is 7. The monoisotopic (exact) mass is 301 g/mol. The summed E-state index contributed by atoms with van der Waals surface area (Å²) >= 11 is 0. The van der Waals surface area contributed by atoms with Gasteiger partial charge in [-0.25, -0.2) is 8.42 Å². The van der Waals surface area contributed by atoms with Crippen LogP contribution in [0, 0.1) is 0 Å². The van der Waals surface area contributed by atoms with Gasteiger partial charge in [-0.3, -0.25) is 4.79 Å². The molecule has 0 aromatic heterocycles. The fourth-order valence-electron chi connectivity index (χ4n) is 1.77. The highest BCUT2D eigenvalue weighted by atomic mass is 32.2. The molecule has 0 amide bonds. The van der Waals surface area contributed by atoms with Crippen molar-refractivity contribution >= 4 is 15.8 Å². The molecule has 0 saturated carbocycles. The van der Waals surface area contributed by atoms with Crippen LogP contribution in [0.5, 0.6) is 5.75 Å². The van der Waals surface area contributed by atoms with Gasteiger partial charge in [-0.1, -0.05) is 6.07 Å². The van der Waals surface area contributed by atoms with Crippen LogP contribution in [0.15, 0.2) is 18.2 Å². The topological polar surface area (TPSA) is 95.7 Å². The first-order valence-electron chi connectivity index (χ1n) is 6.13. The summed E-state index contributed by atoms with van der Waals surface area (Å²) in [4.78, 5) is 11.2. The second kappa shape index (κ2) is 7.25. The van der Waals surface area contributed by atoms with Crippen molar-refractivity contribution in [3.05, 3.63) is 29.3 Å². The summed E-state index contributed by atoms with van der Waals surface area (Å²) in [5.41, 5.74) is 6.86. The van der Waals surface area contributed by atoms with Crippen molar-refractivity contribution in [3.63, 3.8) is 0 Å². The van der Waals surface area contributed by atoms with Gasteiger partial charge in [0.1, 0.15) is 11.5 Å². The normalized spacial score (nSPS) is 11.2. The van der Waals surface area contributed by atoms with Gasteiger partial charge in [-0.05, 0) is 24.6 Å². The third-order valence-electron chi connectivity index (χ3n) is 2.59. The lowest BCUT2D eigenvalue weighted by atomic mass is 10.1. The van der Waals surface area contributed by atoms with Gasteiger partial charge in [0.15, 0.2) is 9.84 Å². The van der Waals surface area contributed by atoms with Crippen LogP contribution in [0.2, 0.25) is 0 Å². The van der Waals surface area contributed by atoms with Crippen LogP contribution in [0.1, 0.15) is 18.1 Å². The Labute approximate surface area is 118 Å². The molecule has 0 heterocycles. The maximum atomic E-state index is 11.9. The number of carbonyl (C=O) groups is 1. The number of esters is 1.